The number of rotatable bonds is 8. The van der Waals surface area contributed by atoms with Crippen LogP contribution in [-0.2, 0) is 9.53 Å². The van der Waals surface area contributed by atoms with Crippen LogP contribution in [0.2, 0.25) is 0 Å². The summed E-state index contributed by atoms with van der Waals surface area (Å²) < 4.78 is 10.5. The summed E-state index contributed by atoms with van der Waals surface area (Å²) in [7, 11) is 3.45. The number of hydrogen-bond donors (Lipinski definition) is 2. The van der Waals surface area contributed by atoms with E-state index in [9.17, 15) is 4.79 Å². The summed E-state index contributed by atoms with van der Waals surface area (Å²) >= 11 is 0. The van der Waals surface area contributed by atoms with Crippen molar-refractivity contribution in [1.29, 1.82) is 0 Å². The maximum absolute atomic E-state index is 11.8. The number of likely N-dealkylation sites (N-methyl/N-ethyl adjacent to an activating group) is 1. The van der Waals surface area contributed by atoms with Crippen LogP contribution in [0.15, 0.2) is 18.2 Å². The molecule has 0 aliphatic carbocycles. The van der Waals surface area contributed by atoms with E-state index in [0.29, 0.717) is 24.6 Å². The number of nitrogen functional groups attached to an aromatic ring is 1. The monoisotopic (exact) mass is 295 g/mol. The van der Waals surface area contributed by atoms with Crippen molar-refractivity contribution in [2.75, 3.05) is 44.5 Å². The highest BCUT2D eigenvalue weighted by molar-refractivity contribution is 5.81. The van der Waals surface area contributed by atoms with Crippen molar-refractivity contribution in [3.05, 3.63) is 18.2 Å². The van der Waals surface area contributed by atoms with E-state index in [1.54, 1.807) is 13.2 Å². The van der Waals surface area contributed by atoms with Crippen molar-refractivity contribution in [1.82, 2.24) is 5.32 Å². The van der Waals surface area contributed by atoms with Crippen LogP contribution in [0, 0.1) is 0 Å². The molecule has 1 aromatic carbocycles. The molecule has 1 amide bonds. The van der Waals surface area contributed by atoms with E-state index in [-0.39, 0.29) is 18.6 Å². The highest BCUT2D eigenvalue weighted by Gasteiger charge is 2.10. The zero-order valence-electron chi connectivity index (χ0n) is 13.2. The second-order valence-corrected chi connectivity index (χ2v) is 5.09. The smallest absolute Gasteiger partial charge is 0.239 e. The topological polar surface area (TPSA) is 76.8 Å². The number of amides is 1. The lowest BCUT2D eigenvalue weighted by atomic mass is 10.2. The minimum Gasteiger partial charge on any atom is -0.489 e. The van der Waals surface area contributed by atoms with Crippen LogP contribution < -0.4 is 20.7 Å². The lowest BCUT2D eigenvalue weighted by Gasteiger charge is -2.21. The molecule has 118 valence electrons. The van der Waals surface area contributed by atoms with Crippen LogP contribution in [0.4, 0.5) is 11.4 Å². The van der Waals surface area contributed by atoms with Crippen LogP contribution in [-0.4, -0.2) is 45.9 Å². The highest BCUT2D eigenvalue weighted by Crippen LogP contribution is 2.28. The summed E-state index contributed by atoms with van der Waals surface area (Å²) in [6, 6.07) is 5.50. The van der Waals surface area contributed by atoms with Gasteiger partial charge < -0.3 is 25.4 Å². The van der Waals surface area contributed by atoms with E-state index in [0.717, 1.165) is 5.69 Å². The van der Waals surface area contributed by atoms with Gasteiger partial charge in [0.15, 0.2) is 0 Å². The number of carbonyl (C=O) groups is 1. The molecule has 1 rings (SSSR count). The first kappa shape index (κ1) is 17.1. The van der Waals surface area contributed by atoms with E-state index in [4.69, 9.17) is 15.2 Å². The molecule has 0 aliphatic rings. The Bertz CT molecular complexity index is 463. The minimum absolute atomic E-state index is 0.0465. The van der Waals surface area contributed by atoms with Crippen molar-refractivity contribution >= 4 is 17.3 Å². The van der Waals surface area contributed by atoms with Gasteiger partial charge >= 0.3 is 0 Å². The molecule has 0 aliphatic heterocycles. The molecule has 0 heterocycles. The van der Waals surface area contributed by atoms with Crippen LogP contribution in [0.5, 0.6) is 5.75 Å². The number of nitrogens with two attached hydrogens (primary N) is 1. The second kappa shape index (κ2) is 8.36. The van der Waals surface area contributed by atoms with E-state index in [2.05, 4.69) is 5.32 Å². The Balaban J connectivity index is 2.65. The van der Waals surface area contributed by atoms with Gasteiger partial charge in [0.2, 0.25) is 5.91 Å². The zero-order valence-corrected chi connectivity index (χ0v) is 13.2. The molecule has 1 aromatic rings. The SMILES string of the molecule is COCCNC(=O)CN(C)c1ccc(N)c(OC(C)C)c1. The fourth-order valence-corrected chi connectivity index (χ4v) is 1.77. The zero-order chi connectivity index (χ0) is 15.8. The Hall–Kier alpha value is -1.95. The standard InChI is InChI=1S/C15H25N3O3/c1-11(2)21-14-9-12(5-6-13(14)16)18(3)10-15(19)17-7-8-20-4/h5-6,9,11H,7-8,10,16H2,1-4H3,(H,17,19). The van der Waals surface area contributed by atoms with Gasteiger partial charge in [-0.1, -0.05) is 0 Å². The molecule has 0 bridgehead atoms. The number of hydrogen-bond acceptors (Lipinski definition) is 5. The molecular weight excluding hydrogens is 270 g/mol. The van der Waals surface area contributed by atoms with Gasteiger partial charge in [-0.3, -0.25) is 4.79 Å². The summed E-state index contributed by atoms with van der Waals surface area (Å²) in [5, 5.41) is 2.78. The van der Waals surface area contributed by atoms with Gasteiger partial charge in [-0.25, -0.2) is 0 Å². The number of benzene rings is 1. The lowest BCUT2D eigenvalue weighted by Crippen LogP contribution is -2.36. The molecule has 0 atom stereocenters. The summed E-state index contributed by atoms with van der Waals surface area (Å²) in [6.07, 6.45) is 0.0465. The first-order chi connectivity index (χ1) is 9.93. The average molecular weight is 295 g/mol. The average Bonchev–Trinajstić information content (AvgIpc) is 2.41. The number of anilines is 2. The minimum atomic E-state index is -0.0577. The largest absolute Gasteiger partial charge is 0.489 e. The maximum atomic E-state index is 11.8. The Morgan fingerprint density at radius 1 is 1.43 bits per heavy atom. The first-order valence-corrected chi connectivity index (χ1v) is 6.97. The molecule has 0 saturated carbocycles. The van der Waals surface area contributed by atoms with E-state index >= 15 is 0 Å². The Morgan fingerprint density at radius 2 is 2.14 bits per heavy atom. The third-order valence-electron chi connectivity index (χ3n) is 2.81. The molecular formula is C15H25N3O3. The van der Waals surface area contributed by atoms with Crippen LogP contribution in [0.3, 0.4) is 0 Å². The molecule has 21 heavy (non-hydrogen) atoms. The van der Waals surface area contributed by atoms with Crippen molar-refractivity contribution in [2.45, 2.75) is 20.0 Å². The predicted molar refractivity (Wildman–Crippen MR) is 84.8 cm³/mol. The number of ether oxygens (including phenoxy) is 2. The van der Waals surface area contributed by atoms with Gasteiger partial charge in [0.25, 0.3) is 0 Å². The Kier molecular flexibility index (Phi) is 6.81. The van der Waals surface area contributed by atoms with E-state index in [1.807, 2.05) is 37.9 Å². The third-order valence-corrected chi connectivity index (χ3v) is 2.81. The maximum Gasteiger partial charge on any atom is 0.239 e. The van der Waals surface area contributed by atoms with Crippen LogP contribution >= 0.6 is 0 Å². The Labute approximate surface area is 126 Å². The predicted octanol–water partition coefficient (Wildman–Crippen LogP) is 1.25. The normalized spacial score (nSPS) is 10.5. The Morgan fingerprint density at radius 3 is 2.76 bits per heavy atom. The van der Waals surface area contributed by atoms with Gasteiger partial charge in [-0.15, -0.1) is 0 Å². The molecule has 0 radical (unpaired) electrons. The van der Waals surface area contributed by atoms with Crippen molar-refractivity contribution in [2.24, 2.45) is 0 Å². The number of nitrogens with one attached hydrogen (secondary N) is 1. The molecule has 0 aromatic heterocycles. The summed E-state index contributed by atoms with van der Waals surface area (Å²) in [6.45, 7) is 5.16. The summed E-state index contributed by atoms with van der Waals surface area (Å²) in [5.41, 5.74) is 7.35. The van der Waals surface area contributed by atoms with Gasteiger partial charge in [-0.05, 0) is 26.0 Å². The van der Waals surface area contributed by atoms with Crippen molar-refractivity contribution in [3.63, 3.8) is 0 Å². The molecule has 6 heteroatoms. The highest BCUT2D eigenvalue weighted by atomic mass is 16.5. The molecule has 6 nitrogen and oxygen atoms in total. The number of methoxy groups -OCH3 is 1. The van der Waals surface area contributed by atoms with Gasteiger partial charge in [-0.2, -0.15) is 0 Å². The quantitative estimate of drug-likeness (QED) is 0.557. The number of carbonyl (C=O) groups excluding carboxylic acids is 1. The first-order valence-electron chi connectivity index (χ1n) is 6.97. The molecule has 0 saturated heterocycles. The summed E-state index contributed by atoms with van der Waals surface area (Å²) in [5.74, 6) is 0.576. The summed E-state index contributed by atoms with van der Waals surface area (Å²) in [4.78, 5) is 13.6. The molecule has 0 fully saturated rings. The van der Waals surface area contributed by atoms with Crippen molar-refractivity contribution in [3.8, 4) is 5.75 Å². The molecule has 0 spiro atoms. The van der Waals surface area contributed by atoms with Crippen LogP contribution in [0.1, 0.15) is 13.8 Å². The van der Waals surface area contributed by atoms with E-state index < -0.39 is 0 Å². The van der Waals surface area contributed by atoms with Gasteiger partial charge in [0, 0.05) is 32.5 Å². The van der Waals surface area contributed by atoms with E-state index in [1.165, 1.54) is 0 Å². The molecule has 0 unspecified atom stereocenters. The van der Waals surface area contributed by atoms with Gasteiger partial charge in [0.1, 0.15) is 5.75 Å². The van der Waals surface area contributed by atoms with Crippen LogP contribution in [0.25, 0.3) is 0 Å². The number of nitrogens with zero attached hydrogens (tertiary/aromatic N) is 1. The third kappa shape index (κ3) is 5.91. The van der Waals surface area contributed by atoms with Crippen molar-refractivity contribution < 1.29 is 14.3 Å². The fraction of sp³-hybridized carbons (Fsp3) is 0.533. The molecule has 3 N–H and O–H groups in total. The van der Waals surface area contributed by atoms with Gasteiger partial charge in [0.05, 0.1) is 24.9 Å². The lowest BCUT2D eigenvalue weighted by molar-refractivity contribution is -0.119. The second-order valence-electron chi connectivity index (χ2n) is 5.09. The fourth-order valence-electron chi connectivity index (χ4n) is 1.77.